The first-order valence-electron chi connectivity index (χ1n) is 11.5. The number of amides is 1. The zero-order valence-corrected chi connectivity index (χ0v) is 18.5. The maximum atomic E-state index is 12.2. The molecule has 0 radical (unpaired) electrons. The quantitative estimate of drug-likeness (QED) is 0.727. The van der Waals surface area contributed by atoms with Crippen molar-refractivity contribution in [3.8, 4) is 0 Å². The molecule has 0 unspecified atom stereocenters. The van der Waals surface area contributed by atoms with Crippen LogP contribution in [0.1, 0.15) is 48.7 Å². The van der Waals surface area contributed by atoms with E-state index in [4.69, 9.17) is 0 Å². The third-order valence-corrected chi connectivity index (χ3v) is 7.74. The Morgan fingerprint density at radius 1 is 1.26 bits per heavy atom. The molecule has 6 rings (SSSR count). The molecule has 1 aliphatic heterocycles. The van der Waals surface area contributed by atoms with Crippen LogP contribution in [0.25, 0.3) is 0 Å². The number of carbonyl (C=O) groups excluding carboxylic acids is 1. The van der Waals surface area contributed by atoms with Gasteiger partial charge in [0.1, 0.15) is 11.6 Å². The number of rotatable bonds is 6. The predicted octanol–water partition coefficient (Wildman–Crippen LogP) is 2.50. The molecule has 1 N–H and O–H groups in total. The summed E-state index contributed by atoms with van der Waals surface area (Å²) < 4.78 is 2.26. The number of aromatic nitrogens is 4. The third-order valence-electron chi connectivity index (χ3n) is 7.74. The van der Waals surface area contributed by atoms with Gasteiger partial charge in [-0.1, -0.05) is 25.5 Å². The Kier molecular flexibility index (Phi) is 5.38. The van der Waals surface area contributed by atoms with Gasteiger partial charge in [0.2, 0.25) is 0 Å². The SMILES string of the molecule is CC1(C)[C@H]2CC=C(CN3CCc4nnc(CCNC(=O)c5cccnc5)n4CC3)[C@@H]1C2. The van der Waals surface area contributed by atoms with Gasteiger partial charge in [-0.3, -0.25) is 14.7 Å². The number of nitrogens with zero attached hydrogens (tertiary/aromatic N) is 5. The molecule has 4 aliphatic rings. The van der Waals surface area contributed by atoms with E-state index in [2.05, 4.69) is 49.9 Å². The van der Waals surface area contributed by atoms with Crippen molar-refractivity contribution in [1.82, 2.24) is 30.0 Å². The number of allylic oxidation sites excluding steroid dienone is 1. The minimum Gasteiger partial charge on any atom is -0.352 e. The van der Waals surface area contributed by atoms with E-state index in [0.29, 0.717) is 23.9 Å². The molecule has 1 amide bonds. The zero-order chi connectivity index (χ0) is 21.4. The van der Waals surface area contributed by atoms with Gasteiger partial charge in [0.05, 0.1) is 5.56 Å². The first-order valence-corrected chi connectivity index (χ1v) is 11.5. The van der Waals surface area contributed by atoms with Gasteiger partial charge < -0.3 is 9.88 Å². The first kappa shape index (κ1) is 20.4. The fraction of sp³-hybridized carbons (Fsp3) is 0.583. The molecular formula is C24H32N6O. The summed E-state index contributed by atoms with van der Waals surface area (Å²) in [7, 11) is 0. The standard InChI is InChI=1S/C24H32N6O/c1-24(2)19-6-5-18(20(24)14-19)16-29-11-8-22-28-27-21(30(22)13-12-29)7-10-26-23(31)17-4-3-9-25-15-17/h3-5,9,15,19-20H,6-8,10-14,16H2,1-2H3,(H,26,31)/t19-,20-/m0/s1. The Labute approximate surface area is 184 Å². The number of pyridine rings is 1. The molecular weight excluding hydrogens is 388 g/mol. The molecule has 0 aromatic carbocycles. The number of hydrogen-bond donors (Lipinski definition) is 1. The summed E-state index contributed by atoms with van der Waals surface area (Å²) in [5.41, 5.74) is 2.72. The molecule has 1 saturated carbocycles. The molecule has 164 valence electrons. The number of carbonyl (C=O) groups is 1. The van der Waals surface area contributed by atoms with Crippen molar-refractivity contribution in [2.75, 3.05) is 26.2 Å². The van der Waals surface area contributed by atoms with E-state index in [1.54, 1.807) is 30.1 Å². The summed E-state index contributed by atoms with van der Waals surface area (Å²) in [6, 6.07) is 3.54. The molecule has 0 spiro atoms. The molecule has 2 bridgehead atoms. The first-order chi connectivity index (χ1) is 15.0. The second-order valence-corrected chi connectivity index (χ2v) is 9.78. The van der Waals surface area contributed by atoms with Gasteiger partial charge in [0, 0.05) is 58.0 Å². The molecule has 1 fully saturated rings. The highest BCUT2D eigenvalue weighted by atomic mass is 16.1. The summed E-state index contributed by atoms with van der Waals surface area (Å²) >= 11 is 0. The minimum absolute atomic E-state index is 0.100. The van der Waals surface area contributed by atoms with Crippen molar-refractivity contribution in [3.05, 3.63) is 53.4 Å². The highest BCUT2D eigenvalue weighted by Crippen LogP contribution is 2.59. The van der Waals surface area contributed by atoms with Crippen LogP contribution in [0.5, 0.6) is 0 Å². The average molecular weight is 421 g/mol. The van der Waals surface area contributed by atoms with Gasteiger partial charge in [-0.2, -0.15) is 0 Å². The summed E-state index contributed by atoms with van der Waals surface area (Å²) in [4.78, 5) is 18.8. The maximum absolute atomic E-state index is 12.2. The van der Waals surface area contributed by atoms with Crippen LogP contribution in [-0.2, 0) is 19.4 Å². The van der Waals surface area contributed by atoms with E-state index >= 15 is 0 Å². The number of hydrogen-bond acceptors (Lipinski definition) is 5. The van der Waals surface area contributed by atoms with Crippen LogP contribution in [0.2, 0.25) is 0 Å². The fourth-order valence-corrected chi connectivity index (χ4v) is 5.57. The van der Waals surface area contributed by atoms with E-state index in [1.165, 1.54) is 12.8 Å². The molecule has 0 saturated heterocycles. The topological polar surface area (TPSA) is 75.9 Å². The number of fused-ring (bicyclic) bond motifs is 2. The average Bonchev–Trinajstić information content (AvgIpc) is 3.06. The van der Waals surface area contributed by atoms with Crippen molar-refractivity contribution in [2.45, 2.75) is 46.1 Å². The van der Waals surface area contributed by atoms with E-state index < -0.39 is 0 Å². The van der Waals surface area contributed by atoms with Crippen LogP contribution in [0.15, 0.2) is 36.2 Å². The predicted molar refractivity (Wildman–Crippen MR) is 119 cm³/mol. The van der Waals surface area contributed by atoms with Crippen molar-refractivity contribution < 1.29 is 4.79 Å². The zero-order valence-electron chi connectivity index (χ0n) is 18.5. The maximum Gasteiger partial charge on any atom is 0.252 e. The van der Waals surface area contributed by atoms with Crippen LogP contribution in [-0.4, -0.2) is 56.7 Å². The highest BCUT2D eigenvalue weighted by molar-refractivity contribution is 5.93. The lowest BCUT2D eigenvalue weighted by molar-refractivity contribution is -0.0106. The van der Waals surface area contributed by atoms with Crippen molar-refractivity contribution in [3.63, 3.8) is 0 Å². The van der Waals surface area contributed by atoms with Gasteiger partial charge in [0.25, 0.3) is 5.91 Å². The highest BCUT2D eigenvalue weighted by Gasteiger charge is 2.51. The third kappa shape index (κ3) is 3.91. The fourth-order valence-electron chi connectivity index (χ4n) is 5.57. The smallest absolute Gasteiger partial charge is 0.252 e. The summed E-state index contributed by atoms with van der Waals surface area (Å²) in [6.45, 7) is 9.50. The Balaban J connectivity index is 1.15. The van der Waals surface area contributed by atoms with Crippen LogP contribution in [0.4, 0.5) is 0 Å². The van der Waals surface area contributed by atoms with Crippen molar-refractivity contribution in [2.24, 2.45) is 17.3 Å². The van der Waals surface area contributed by atoms with Gasteiger partial charge >= 0.3 is 0 Å². The van der Waals surface area contributed by atoms with Crippen LogP contribution < -0.4 is 5.32 Å². The Bertz CT molecular complexity index is 979. The second kappa shape index (κ2) is 8.19. The van der Waals surface area contributed by atoms with Crippen molar-refractivity contribution >= 4 is 5.91 Å². The lowest BCUT2D eigenvalue weighted by Gasteiger charge is -2.57. The number of nitrogens with one attached hydrogen (secondary N) is 1. The molecule has 2 aromatic rings. The van der Waals surface area contributed by atoms with E-state index in [-0.39, 0.29) is 5.91 Å². The molecule has 7 heteroatoms. The van der Waals surface area contributed by atoms with Gasteiger partial charge in [-0.25, -0.2) is 0 Å². The summed E-state index contributed by atoms with van der Waals surface area (Å²) in [5, 5.41) is 11.8. The van der Waals surface area contributed by atoms with Crippen LogP contribution >= 0.6 is 0 Å². The lowest BCUT2D eigenvalue weighted by Crippen LogP contribution is -2.50. The second-order valence-electron chi connectivity index (χ2n) is 9.78. The molecule has 31 heavy (non-hydrogen) atoms. The normalized spacial score (nSPS) is 24.5. The lowest BCUT2D eigenvalue weighted by atomic mass is 9.49. The van der Waals surface area contributed by atoms with Gasteiger partial charge in [-0.05, 0) is 42.2 Å². The molecule has 2 atom stereocenters. The summed E-state index contributed by atoms with van der Waals surface area (Å²) in [6.07, 6.45) is 10.0. The van der Waals surface area contributed by atoms with E-state index in [1.807, 2.05) is 0 Å². The van der Waals surface area contributed by atoms with Crippen LogP contribution in [0.3, 0.4) is 0 Å². The van der Waals surface area contributed by atoms with E-state index in [0.717, 1.165) is 56.1 Å². The van der Waals surface area contributed by atoms with Gasteiger partial charge in [-0.15, -0.1) is 10.2 Å². The monoisotopic (exact) mass is 420 g/mol. The summed E-state index contributed by atoms with van der Waals surface area (Å²) in [5.74, 6) is 3.59. The van der Waals surface area contributed by atoms with Crippen LogP contribution in [0, 0.1) is 17.3 Å². The Hall–Kier alpha value is -2.54. The molecule has 3 aliphatic carbocycles. The molecule has 3 heterocycles. The minimum atomic E-state index is -0.100. The Morgan fingerprint density at radius 3 is 2.94 bits per heavy atom. The largest absolute Gasteiger partial charge is 0.352 e. The van der Waals surface area contributed by atoms with E-state index in [9.17, 15) is 4.79 Å². The molecule has 7 nitrogen and oxygen atoms in total. The molecule has 2 aromatic heterocycles. The Morgan fingerprint density at radius 2 is 2.16 bits per heavy atom. The van der Waals surface area contributed by atoms with Gasteiger partial charge in [0.15, 0.2) is 0 Å². The van der Waals surface area contributed by atoms with Crippen molar-refractivity contribution in [1.29, 1.82) is 0 Å².